The Kier molecular flexibility index (Phi) is 4.22. The lowest BCUT2D eigenvalue weighted by molar-refractivity contribution is 0.217. The molecule has 0 aliphatic heterocycles. The predicted octanol–water partition coefficient (Wildman–Crippen LogP) is 3.32. The van der Waals surface area contributed by atoms with Crippen molar-refractivity contribution in [2.75, 3.05) is 0 Å². The fraction of sp³-hybridized carbons (Fsp3) is 0.400. The van der Waals surface area contributed by atoms with Crippen molar-refractivity contribution in [3.63, 3.8) is 0 Å². The van der Waals surface area contributed by atoms with Gasteiger partial charge in [0.25, 0.3) is 0 Å². The Labute approximate surface area is 113 Å². The van der Waals surface area contributed by atoms with Gasteiger partial charge in [-0.1, -0.05) is 12.1 Å². The number of benzene rings is 1. The Morgan fingerprint density at radius 1 is 1.32 bits per heavy atom. The Hall–Kier alpha value is -1.81. The average Bonchev–Trinajstić information content (AvgIpc) is 2.80. The van der Waals surface area contributed by atoms with Crippen LogP contribution in [-0.4, -0.2) is 16.4 Å². The van der Waals surface area contributed by atoms with Crippen molar-refractivity contribution in [3.05, 3.63) is 35.5 Å². The fourth-order valence-electron chi connectivity index (χ4n) is 1.79. The van der Waals surface area contributed by atoms with E-state index in [4.69, 9.17) is 14.4 Å². The quantitative estimate of drug-likeness (QED) is 0.897. The van der Waals surface area contributed by atoms with Crippen molar-refractivity contribution in [3.8, 4) is 17.1 Å². The van der Waals surface area contributed by atoms with Crippen LogP contribution in [0.3, 0.4) is 0 Å². The number of hydrogen-bond donors (Lipinski definition) is 1. The molecule has 0 radical (unpaired) electrons. The van der Waals surface area contributed by atoms with Gasteiger partial charge in [0.1, 0.15) is 11.4 Å². The minimum atomic E-state index is -0.107. The summed E-state index contributed by atoms with van der Waals surface area (Å²) in [6.45, 7) is 5.92. The summed E-state index contributed by atoms with van der Waals surface area (Å²) in [4.78, 5) is 0. The molecule has 1 unspecified atom stereocenters. The molecule has 19 heavy (non-hydrogen) atoms. The topological polar surface area (TPSA) is 55.5 Å². The first-order valence-electron chi connectivity index (χ1n) is 6.48. The summed E-state index contributed by atoms with van der Waals surface area (Å²) in [7, 11) is 0. The van der Waals surface area contributed by atoms with Gasteiger partial charge in [0.15, 0.2) is 5.76 Å². The van der Waals surface area contributed by atoms with Crippen molar-refractivity contribution < 1.29 is 14.4 Å². The maximum absolute atomic E-state index is 9.11. The molecule has 0 aliphatic rings. The highest BCUT2D eigenvalue weighted by molar-refractivity contribution is 5.62. The molecule has 1 aromatic heterocycles. The molecule has 2 aromatic rings. The van der Waals surface area contributed by atoms with Crippen LogP contribution in [0.1, 0.15) is 31.5 Å². The first-order chi connectivity index (χ1) is 9.15. The van der Waals surface area contributed by atoms with Crippen molar-refractivity contribution in [2.24, 2.45) is 0 Å². The van der Waals surface area contributed by atoms with E-state index in [-0.39, 0.29) is 12.7 Å². The van der Waals surface area contributed by atoms with Crippen LogP contribution in [0, 0.1) is 6.92 Å². The van der Waals surface area contributed by atoms with E-state index in [1.54, 1.807) is 0 Å². The standard InChI is InChI=1S/C15H19NO3/c1-4-10(2)18-13-7-5-12(6-8-13)15-11(3)14(9-17)16-19-15/h5-8,10,17H,4,9H2,1-3H3. The van der Waals surface area contributed by atoms with Gasteiger partial charge in [-0.25, -0.2) is 0 Å². The highest BCUT2D eigenvalue weighted by Crippen LogP contribution is 2.27. The van der Waals surface area contributed by atoms with Crippen molar-refractivity contribution >= 4 is 0 Å². The first-order valence-corrected chi connectivity index (χ1v) is 6.48. The first kappa shape index (κ1) is 13.6. The van der Waals surface area contributed by atoms with E-state index >= 15 is 0 Å². The Morgan fingerprint density at radius 2 is 2.00 bits per heavy atom. The van der Waals surface area contributed by atoms with Crippen LogP contribution < -0.4 is 4.74 Å². The highest BCUT2D eigenvalue weighted by atomic mass is 16.5. The molecule has 4 nitrogen and oxygen atoms in total. The summed E-state index contributed by atoms with van der Waals surface area (Å²) in [5, 5.41) is 12.9. The molecule has 0 saturated heterocycles. The molecule has 0 bridgehead atoms. The predicted molar refractivity (Wildman–Crippen MR) is 73.0 cm³/mol. The lowest BCUT2D eigenvalue weighted by Crippen LogP contribution is -2.09. The van der Waals surface area contributed by atoms with E-state index in [1.807, 2.05) is 38.1 Å². The van der Waals surface area contributed by atoms with Gasteiger partial charge in [-0.2, -0.15) is 0 Å². The van der Waals surface area contributed by atoms with Gasteiger partial charge in [-0.05, 0) is 44.5 Å². The number of aromatic nitrogens is 1. The Balaban J connectivity index is 2.20. The lowest BCUT2D eigenvalue weighted by Gasteiger charge is -2.12. The fourth-order valence-corrected chi connectivity index (χ4v) is 1.79. The molecular formula is C15H19NO3. The van der Waals surface area contributed by atoms with Crippen LogP contribution >= 0.6 is 0 Å². The summed E-state index contributed by atoms with van der Waals surface area (Å²) in [5.41, 5.74) is 2.38. The van der Waals surface area contributed by atoms with Crippen LogP contribution in [0.15, 0.2) is 28.8 Å². The van der Waals surface area contributed by atoms with E-state index in [2.05, 4.69) is 12.1 Å². The second-order valence-corrected chi connectivity index (χ2v) is 4.60. The van der Waals surface area contributed by atoms with Gasteiger partial charge in [0.2, 0.25) is 0 Å². The molecule has 2 rings (SSSR count). The molecule has 0 saturated carbocycles. The molecule has 1 heterocycles. The summed E-state index contributed by atoms with van der Waals surface area (Å²) in [5.74, 6) is 1.54. The van der Waals surface area contributed by atoms with Crippen LogP contribution in [0.4, 0.5) is 0 Å². The summed E-state index contributed by atoms with van der Waals surface area (Å²) in [6, 6.07) is 7.71. The third kappa shape index (κ3) is 2.96. The molecule has 0 spiro atoms. The minimum absolute atomic E-state index is 0.107. The van der Waals surface area contributed by atoms with E-state index in [1.165, 1.54) is 0 Å². The lowest BCUT2D eigenvalue weighted by atomic mass is 10.1. The monoisotopic (exact) mass is 261 g/mol. The van der Waals surface area contributed by atoms with Crippen LogP contribution in [0.25, 0.3) is 11.3 Å². The third-order valence-corrected chi connectivity index (χ3v) is 3.20. The average molecular weight is 261 g/mol. The number of rotatable bonds is 5. The molecular weight excluding hydrogens is 242 g/mol. The Bertz CT molecular complexity index is 531. The van der Waals surface area contributed by atoms with Crippen LogP contribution in [0.2, 0.25) is 0 Å². The zero-order valence-electron chi connectivity index (χ0n) is 11.5. The van der Waals surface area contributed by atoms with E-state index in [0.29, 0.717) is 11.5 Å². The number of nitrogens with zero attached hydrogens (tertiary/aromatic N) is 1. The SMILES string of the molecule is CCC(C)Oc1ccc(-c2onc(CO)c2C)cc1. The summed E-state index contributed by atoms with van der Waals surface area (Å²) >= 11 is 0. The zero-order chi connectivity index (χ0) is 13.8. The molecule has 4 heteroatoms. The maximum atomic E-state index is 9.11. The van der Waals surface area contributed by atoms with Crippen molar-refractivity contribution in [2.45, 2.75) is 39.9 Å². The second kappa shape index (κ2) is 5.89. The molecule has 1 atom stereocenters. The van der Waals surface area contributed by atoms with Crippen LogP contribution in [-0.2, 0) is 6.61 Å². The smallest absolute Gasteiger partial charge is 0.170 e. The second-order valence-electron chi connectivity index (χ2n) is 4.60. The van der Waals surface area contributed by atoms with Crippen molar-refractivity contribution in [1.29, 1.82) is 0 Å². The maximum Gasteiger partial charge on any atom is 0.170 e. The van der Waals surface area contributed by atoms with Gasteiger partial charge < -0.3 is 14.4 Å². The van der Waals surface area contributed by atoms with Gasteiger partial charge in [0, 0.05) is 11.1 Å². The van der Waals surface area contributed by atoms with Gasteiger partial charge in [-0.15, -0.1) is 0 Å². The van der Waals surface area contributed by atoms with Gasteiger partial charge in [0.05, 0.1) is 12.7 Å². The molecule has 0 amide bonds. The molecule has 1 N–H and O–H groups in total. The normalized spacial score (nSPS) is 12.4. The molecule has 102 valence electrons. The van der Waals surface area contributed by atoms with Crippen molar-refractivity contribution in [1.82, 2.24) is 5.16 Å². The van der Waals surface area contributed by atoms with Crippen LogP contribution in [0.5, 0.6) is 5.75 Å². The van der Waals surface area contributed by atoms with E-state index in [9.17, 15) is 0 Å². The zero-order valence-corrected chi connectivity index (χ0v) is 11.5. The Morgan fingerprint density at radius 3 is 2.53 bits per heavy atom. The third-order valence-electron chi connectivity index (χ3n) is 3.20. The highest BCUT2D eigenvalue weighted by Gasteiger charge is 2.13. The number of ether oxygens (including phenoxy) is 1. The van der Waals surface area contributed by atoms with E-state index < -0.39 is 0 Å². The van der Waals surface area contributed by atoms with E-state index in [0.717, 1.165) is 23.3 Å². The minimum Gasteiger partial charge on any atom is -0.491 e. The number of aliphatic hydroxyl groups excluding tert-OH is 1. The summed E-state index contributed by atoms with van der Waals surface area (Å²) < 4.78 is 11.0. The van der Waals surface area contributed by atoms with Gasteiger partial charge >= 0.3 is 0 Å². The molecule has 1 aromatic carbocycles. The number of hydrogen-bond acceptors (Lipinski definition) is 4. The summed E-state index contributed by atoms with van der Waals surface area (Å²) in [6.07, 6.45) is 1.18. The largest absolute Gasteiger partial charge is 0.491 e. The molecule has 0 fully saturated rings. The van der Waals surface area contributed by atoms with Gasteiger partial charge in [-0.3, -0.25) is 0 Å². The number of aliphatic hydroxyl groups is 1. The molecule has 0 aliphatic carbocycles.